The highest BCUT2D eigenvalue weighted by Gasteiger charge is 2.26. The molecule has 0 bridgehead atoms. The van der Waals surface area contributed by atoms with E-state index in [0.29, 0.717) is 12.1 Å². The fourth-order valence-electron chi connectivity index (χ4n) is 3.51. The van der Waals surface area contributed by atoms with Crippen LogP contribution in [0.1, 0.15) is 57.1 Å². The summed E-state index contributed by atoms with van der Waals surface area (Å²) in [6.45, 7) is 3.25. The van der Waals surface area contributed by atoms with Gasteiger partial charge in [-0.15, -0.1) is 0 Å². The van der Waals surface area contributed by atoms with E-state index in [-0.39, 0.29) is 0 Å². The lowest BCUT2D eigenvalue weighted by Gasteiger charge is -2.32. The Balaban J connectivity index is 1.73. The minimum atomic E-state index is 0.482. The first-order valence-electron chi connectivity index (χ1n) is 7.82. The van der Waals surface area contributed by atoms with Gasteiger partial charge in [-0.05, 0) is 24.8 Å². The molecule has 1 aliphatic carbocycles. The number of ether oxygens (including phenoxy) is 1. The Morgan fingerprint density at radius 3 is 2.84 bits per heavy atom. The summed E-state index contributed by atoms with van der Waals surface area (Å²) in [6.07, 6.45) is 8.01. The van der Waals surface area contributed by atoms with Gasteiger partial charge >= 0.3 is 0 Å². The van der Waals surface area contributed by atoms with Crippen LogP contribution in [0, 0.1) is 5.92 Å². The standard InChI is InChI=1S/C17H25NO/c1-13-7-3-2-4-9-15(13)18-16-11-12-19-17-10-6-5-8-14(16)17/h5-6,8,10,13,15-16,18H,2-4,7,9,11-12H2,1H3. The molecule has 0 radical (unpaired) electrons. The van der Waals surface area contributed by atoms with Gasteiger partial charge in [-0.25, -0.2) is 0 Å². The summed E-state index contributed by atoms with van der Waals surface area (Å²) in [5.41, 5.74) is 1.35. The van der Waals surface area contributed by atoms with E-state index in [2.05, 4.69) is 36.5 Å². The van der Waals surface area contributed by atoms with E-state index < -0.39 is 0 Å². The first-order chi connectivity index (χ1) is 9.34. The third-order valence-electron chi connectivity index (χ3n) is 4.74. The van der Waals surface area contributed by atoms with Gasteiger partial charge in [0.05, 0.1) is 6.61 Å². The monoisotopic (exact) mass is 259 g/mol. The van der Waals surface area contributed by atoms with Crippen LogP contribution in [0.2, 0.25) is 0 Å². The van der Waals surface area contributed by atoms with E-state index in [1.807, 2.05) is 0 Å². The van der Waals surface area contributed by atoms with Gasteiger partial charge in [0.1, 0.15) is 5.75 Å². The van der Waals surface area contributed by atoms with E-state index in [9.17, 15) is 0 Å². The molecule has 0 aromatic heterocycles. The molecule has 1 aromatic rings. The third kappa shape index (κ3) is 2.94. The van der Waals surface area contributed by atoms with Gasteiger partial charge in [0, 0.05) is 24.1 Å². The molecule has 1 saturated carbocycles. The molecule has 2 aliphatic rings. The lowest BCUT2D eigenvalue weighted by molar-refractivity contribution is 0.227. The van der Waals surface area contributed by atoms with Crippen molar-refractivity contribution in [2.24, 2.45) is 5.92 Å². The van der Waals surface area contributed by atoms with Crippen molar-refractivity contribution in [1.82, 2.24) is 5.32 Å². The molecule has 1 aliphatic heterocycles. The van der Waals surface area contributed by atoms with Gasteiger partial charge in [0.2, 0.25) is 0 Å². The highest BCUT2D eigenvalue weighted by atomic mass is 16.5. The molecule has 3 rings (SSSR count). The second-order valence-electron chi connectivity index (χ2n) is 6.12. The quantitative estimate of drug-likeness (QED) is 0.808. The Hall–Kier alpha value is -1.02. The first kappa shape index (κ1) is 13.0. The Labute approximate surface area is 116 Å². The average Bonchev–Trinajstić information content (AvgIpc) is 2.65. The van der Waals surface area contributed by atoms with E-state index in [1.165, 1.54) is 37.7 Å². The Morgan fingerprint density at radius 1 is 1.05 bits per heavy atom. The summed E-state index contributed by atoms with van der Waals surface area (Å²) in [4.78, 5) is 0. The van der Waals surface area contributed by atoms with Crippen molar-refractivity contribution < 1.29 is 4.74 Å². The predicted molar refractivity (Wildman–Crippen MR) is 78.5 cm³/mol. The topological polar surface area (TPSA) is 21.3 Å². The van der Waals surface area contributed by atoms with Crippen LogP contribution in [0.4, 0.5) is 0 Å². The summed E-state index contributed by atoms with van der Waals surface area (Å²) in [7, 11) is 0. The molecular formula is C17H25NO. The lowest BCUT2D eigenvalue weighted by Crippen LogP contribution is -2.39. The molecule has 1 heterocycles. The lowest BCUT2D eigenvalue weighted by atomic mass is 9.93. The summed E-state index contributed by atoms with van der Waals surface area (Å²) >= 11 is 0. The number of nitrogens with one attached hydrogen (secondary N) is 1. The predicted octanol–water partition coefficient (Wildman–Crippen LogP) is 4.07. The van der Waals surface area contributed by atoms with Crippen LogP contribution >= 0.6 is 0 Å². The molecule has 19 heavy (non-hydrogen) atoms. The second-order valence-corrected chi connectivity index (χ2v) is 6.12. The van der Waals surface area contributed by atoms with Crippen molar-refractivity contribution >= 4 is 0 Å². The van der Waals surface area contributed by atoms with Crippen LogP contribution in [-0.4, -0.2) is 12.6 Å². The van der Waals surface area contributed by atoms with E-state index in [1.54, 1.807) is 0 Å². The zero-order chi connectivity index (χ0) is 13.1. The zero-order valence-corrected chi connectivity index (χ0v) is 11.9. The normalized spacial score (nSPS) is 31.1. The maximum atomic E-state index is 5.75. The molecule has 0 spiro atoms. The molecule has 2 nitrogen and oxygen atoms in total. The molecule has 3 unspecified atom stereocenters. The van der Waals surface area contributed by atoms with Crippen molar-refractivity contribution in [1.29, 1.82) is 0 Å². The second kappa shape index (κ2) is 5.96. The van der Waals surface area contributed by atoms with Crippen molar-refractivity contribution in [3.05, 3.63) is 29.8 Å². The summed E-state index contributed by atoms with van der Waals surface area (Å²) < 4.78 is 5.75. The van der Waals surface area contributed by atoms with Crippen LogP contribution in [0.25, 0.3) is 0 Å². The van der Waals surface area contributed by atoms with Crippen LogP contribution in [-0.2, 0) is 0 Å². The molecule has 104 valence electrons. The van der Waals surface area contributed by atoms with E-state index in [0.717, 1.165) is 24.7 Å². The number of hydrogen-bond acceptors (Lipinski definition) is 2. The van der Waals surface area contributed by atoms with Gasteiger partial charge in [-0.2, -0.15) is 0 Å². The van der Waals surface area contributed by atoms with Gasteiger partial charge in [0.25, 0.3) is 0 Å². The van der Waals surface area contributed by atoms with Crippen molar-refractivity contribution in [2.75, 3.05) is 6.61 Å². The first-order valence-corrected chi connectivity index (χ1v) is 7.82. The van der Waals surface area contributed by atoms with Crippen LogP contribution in [0.15, 0.2) is 24.3 Å². The maximum absolute atomic E-state index is 5.75. The number of hydrogen-bond donors (Lipinski definition) is 1. The van der Waals surface area contributed by atoms with E-state index in [4.69, 9.17) is 4.74 Å². The molecule has 0 saturated heterocycles. The summed E-state index contributed by atoms with van der Waals surface area (Å²) in [5, 5.41) is 3.92. The Kier molecular flexibility index (Phi) is 4.07. The number of fused-ring (bicyclic) bond motifs is 1. The van der Waals surface area contributed by atoms with Crippen molar-refractivity contribution in [2.45, 2.75) is 57.5 Å². The van der Waals surface area contributed by atoms with Gasteiger partial charge < -0.3 is 10.1 Å². The molecular weight excluding hydrogens is 234 g/mol. The molecule has 3 atom stereocenters. The smallest absolute Gasteiger partial charge is 0.124 e. The molecule has 1 N–H and O–H groups in total. The number of para-hydroxylation sites is 1. The molecule has 1 aromatic carbocycles. The Morgan fingerprint density at radius 2 is 1.89 bits per heavy atom. The van der Waals surface area contributed by atoms with Crippen molar-refractivity contribution in [3.8, 4) is 5.75 Å². The van der Waals surface area contributed by atoms with E-state index >= 15 is 0 Å². The minimum Gasteiger partial charge on any atom is -0.493 e. The fourth-order valence-corrected chi connectivity index (χ4v) is 3.51. The summed E-state index contributed by atoms with van der Waals surface area (Å²) in [5.74, 6) is 1.88. The van der Waals surface area contributed by atoms with Gasteiger partial charge in [-0.1, -0.05) is 44.4 Å². The summed E-state index contributed by atoms with van der Waals surface area (Å²) in [6, 6.07) is 9.66. The number of rotatable bonds is 2. The minimum absolute atomic E-state index is 0.482. The molecule has 2 heteroatoms. The zero-order valence-electron chi connectivity index (χ0n) is 11.9. The van der Waals surface area contributed by atoms with Gasteiger partial charge in [-0.3, -0.25) is 0 Å². The Bertz CT molecular complexity index is 417. The highest BCUT2D eigenvalue weighted by Crippen LogP contribution is 2.33. The average molecular weight is 259 g/mol. The van der Waals surface area contributed by atoms with Crippen LogP contribution < -0.4 is 10.1 Å². The SMILES string of the molecule is CC1CCCCCC1NC1CCOc2ccccc21. The number of benzene rings is 1. The van der Waals surface area contributed by atoms with Crippen LogP contribution in [0.5, 0.6) is 5.75 Å². The largest absolute Gasteiger partial charge is 0.493 e. The van der Waals surface area contributed by atoms with Crippen molar-refractivity contribution in [3.63, 3.8) is 0 Å². The fraction of sp³-hybridized carbons (Fsp3) is 0.647. The third-order valence-corrected chi connectivity index (χ3v) is 4.74. The van der Waals surface area contributed by atoms with Crippen LogP contribution in [0.3, 0.4) is 0 Å². The van der Waals surface area contributed by atoms with Gasteiger partial charge in [0.15, 0.2) is 0 Å². The highest BCUT2D eigenvalue weighted by molar-refractivity contribution is 5.37. The molecule has 0 amide bonds. The maximum Gasteiger partial charge on any atom is 0.124 e. The molecule has 1 fully saturated rings.